The summed E-state index contributed by atoms with van der Waals surface area (Å²) in [4.78, 5) is 4.32. The van der Waals surface area contributed by atoms with Crippen LogP contribution in [0, 0.1) is 6.92 Å². The molecule has 0 aliphatic rings. The van der Waals surface area contributed by atoms with E-state index < -0.39 is 0 Å². The van der Waals surface area contributed by atoms with Gasteiger partial charge in [0, 0.05) is 30.1 Å². The lowest BCUT2D eigenvalue weighted by Crippen LogP contribution is -1.92. The number of pyridine rings is 1. The third-order valence-corrected chi connectivity index (χ3v) is 2.21. The normalized spacial score (nSPS) is 10.3. The Bertz CT molecular complexity index is 476. The Kier molecular flexibility index (Phi) is 2.41. The van der Waals surface area contributed by atoms with Gasteiger partial charge in [0.2, 0.25) is 5.88 Å². The van der Waals surface area contributed by atoms with E-state index in [9.17, 15) is 0 Å². The van der Waals surface area contributed by atoms with Crippen molar-refractivity contribution in [1.82, 2.24) is 14.8 Å². The van der Waals surface area contributed by atoms with Crippen molar-refractivity contribution < 1.29 is 4.74 Å². The molecule has 0 atom stereocenters. The van der Waals surface area contributed by atoms with E-state index in [1.807, 2.05) is 32.3 Å². The summed E-state index contributed by atoms with van der Waals surface area (Å²) >= 11 is 0. The summed E-state index contributed by atoms with van der Waals surface area (Å²) in [6.45, 7) is 1.94. The lowest BCUT2D eigenvalue weighted by atomic mass is 10.1. The van der Waals surface area contributed by atoms with E-state index in [2.05, 4.69) is 10.1 Å². The molecular formula is C11H13N3O. The molecule has 0 spiro atoms. The molecule has 78 valence electrons. The number of hydrogen-bond donors (Lipinski definition) is 0. The van der Waals surface area contributed by atoms with E-state index in [0.717, 1.165) is 16.8 Å². The number of aryl methyl sites for hydroxylation is 2. The summed E-state index contributed by atoms with van der Waals surface area (Å²) < 4.78 is 7.00. The maximum absolute atomic E-state index is 5.24. The fourth-order valence-electron chi connectivity index (χ4n) is 1.47. The minimum atomic E-state index is 0.642. The number of aromatic nitrogens is 3. The van der Waals surface area contributed by atoms with Crippen LogP contribution in [0.15, 0.2) is 24.5 Å². The van der Waals surface area contributed by atoms with Gasteiger partial charge in [-0.2, -0.15) is 5.10 Å². The Labute approximate surface area is 88.5 Å². The van der Waals surface area contributed by atoms with E-state index in [4.69, 9.17) is 4.74 Å². The molecule has 0 unspecified atom stereocenters. The zero-order valence-electron chi connectivity index (χ0n) is 9.06. The predicted octanol–water partition coefficient (Wildman–Crippen LogP) is 1.80. The van der Waals surface area contributed by atoms with Crippen LogP contribution >= 0.6 is 0 Å². The molecule has 0 aliphatic carbocycles. The highest BCUT2D eigenvalue weighted by Gasteiger charge is 2.08. The molecular weight excluding hydrogens is 190 g/mol. The Morgan fingerprint density at radius 1 is 1.33 bits per heavy atom. The Morgan fingerprint density at radius 3 is 2.73 bits per heavy atom. The lowest BCUT2D eigenvalue weighted by Gasteiger charge is -2.05. The van der Waals surface area contributed by atoms with Crippen LogP contribution in [0.25, 0.3) is 11.1 Å². The van der Waals surface area contributed by atoms with E-state index in [1.54, 1.807) is 18.0 Å². The number of rotatable bonds is 2. The standard InChI is InChI=1S/C11H13N3O/c1-8-4-5-10(11(13-8)15-3)9-6-12-14(2)7-9/h4-7H,1-3H3. The van der Waals surface area contributed by atoms with Crippen molar-refractivity contribution >= 4 is 0 Å². The molecule has 0 bridgehead atoms. The van der Waals surface area contributed by atoms with E-state index in [0.29, 0.717) is 5.88 Å². The molecule has 2 rings (SSSR count). The van der Waals surface area contributed by atoms with Crippen LogP contribution in [-0.2, 0) is 7.05 Å². The molecule has 0 amide bonds. The highest BCUT2D eigenvalue weighted by molar-refractivity contribution is 5.67. The van der Waals surface area contributed by atoms with E-state index in [1.165, 1.54) is 0 Å². The number of ether oxygens (including phenoxy) is 1. The van der Waals surface area contributed by atoms with Crippen LogP contribution in [0.2, 0.25) is 0 Å². The average Bonchev–Trinajstić information content (AvgIpc) is 2.64. The molecule has 15 heavy (non-hydrogen) atoms. The molecule has 0 radical (unpaired) electrons. The molecule has 0 saturated heterocycles. The molecule has 2 heterocycles. The summed E-state index contributed by atoms with van der Waals surface area (Å²) in [5, 5.41) is 4.12. The van der Waals surface area contributed by atoms with Gasteiger partial charge in [-0.3, -0.25) is 4.68 Å². The topological polar surface area (TPSA) is 39.9 Å². The Morgan fingerprint density at radius 2 is 2.13 bits per heavy atom. The van der Waals surface area contributed by atoms with Gasteiger partial charge in [-0.25, -0.2) is 4.98 Å². The molecule has 0 aromatic carbocycles. The maximum Gasteiger partial charge on any atom is 0.221 e. The minimum Gasteiger partial charge on any atom is -0.481 e. The van der Waals surface area contributed by atoms with Crippen molar-refractivity contribution in [2.75, 3.05) is 7.11 Å². The zero-order valence-corrected chi connectivity index (χ0v) is 9.06. The first-order valence-electron chi connectivity index (χ1n) is 4.71. The van der Waals surface area contributed by atoms with Crippen molar-refractivity contribution in [3.8, 4) is 17.0 Å². The van der Waals surface area contributed by atoms with Gasteiger partial charge in [-0.15, -0.1) is 0 Å². The first kappa shape index (κ1) is 9.71. The third kappa shape index (κ3) is 1.83. The van der Waals surface area contributed by atoms with Gasteiger partial charge in [0.1, 0.15) is 0 Å². The van der Waals surface area contributed by atoms with Crippen molar-refractivity contribution in [1.29, 1.82) is 0 Å². The second-order valence-electron chi connectivity index (χ2n) is 3.41. The number of hydrogen-bond acceptors (Lipinski definition) is 3. The molecule has 0 aliphatic heterocycles. The number of nitrogens with zero attached hydrogens (tertiary/aromatic N) is 3. The molecule has 2 aromatic heterocycles. The predicted molar refractivity (Wildman–Crippen MR) is 57.7 cm³/mol. The fourth-order valence-corrected chi connectivity index (χ4v) is 1.47. The monoisotopic (exact) mass is 203 g/mol. The van der Waals surface area contributed by atoms with Crippen LogP contribution in [0.5, 0.6) is 5.88 Å². The minimum absolute atomic E-state index is 0.642. The summed E-state index contributed by atoms with van der Waals surface area (Å²) in [6.07, 6.45) is 3.74. The second kappa shape index (κ2) is 3.73. The lowest BCUT2D eigenvalue weighted by molar-refractivity contribution is 0.399. The summed E-state index contributed by atoms with van der Waals surface area (Å²) in [5.74, 6) is 0.642. The first-order valence-corrected chi connectivity index (χ1v) is 4.71. The van der Waals surface area contributed by atoms with Crippen LogP contribution < -0.4 is 4.74 Å². The Balaban J connectivity index is 2.52. The summed E-state index contributed by atoms with van der Waals surface area (Å²) in [6, 6.07) is 3.96. The van der Waals surface area contributed by atoms with Gasteiger partial charge in [-0.1, -0.05) is 0 Å². The van der Waals surface area contributed by atoms with Gasteiger partial charge in [0.25, 0.3) is 0 Å². The smallest absolute Gasteiger partial charge is 0.221 e. The molecule has 2 aromatic rings. The third-order valence-electron chi connectivity index (χ3n) is 2.21. The van der Waals surface area contributed by atoms with Crippen molar-refractivity contribution in [2.24, 2.45) is 7.05 Å². The number of methoxy groups -OCH3 is 1. The molecule has 4 nitrogen and oxygen atoms in total. The van der Waals surface area contributed by atoms with Crippen LogP contribution in [0.4, 0.5) is 0 Å². The van der Waals surface area contributed by atoms with Gasteiger partial charge in [0.15, 0.2) is 0 Å². The molecule has 0 N–H and O–H groups in total. The van der Waals surface area contributed by atoms with Gasteiger partial charge in [-0.05, 0) is 19.1 Å². The molecule has 0 saturated carbocycles. The largest absolute Gasteiger partial charge is 0.481 e. The molecule has 0 fully saturated rings. The van der Waals surface area contributed by atoms with Crippen molar-refractivity contribution in [2.45, 2.75) is 6.92 Å². The summed E-state index contributed by atoms with van der Waals surface area (Å²) in [7, 11) is 3.51. The van der Waals surface area contributed by atoms with Gasteiger partial charge >= 0.3 is 0 Å². The summed E-state index contributed by atoms with van der Waals surface area (Å²) in [5.41, 5.74) is 2.93. The Hall–Kier alpha value is -1.84. The van der Waals surface area contributed by atoms with Crippen LogP contribution in [0.1, 0.15) is 5.69 Å². The van der Waals surface area contributed by atoms with Crippen molar-refractivity contribution in [3.63, 3.8) is 0 Å². The quantitative estimate of drug-likeness (QED) is 0.747. The van der Waals surface area contributed by atoms with Gasteiger partial charge in [0.05, 0.1) is 13.3 Å². The first-order chi connectivity index (χ1) is 7.20. The van der Waals surface area contributed by atoms with Gasteiger partial charge < -0.3 is 4.74 Å². The van der Waals surface area contributed by atoms with Crippen LogP contribution in [-0.4, -0.2) is 21.9 Å². The highest BCUT2D eigenvalue weighted by atomic mass is 16.5. The van der Waals surface area contributed by atoms with Crippen molar-refractivity contribution in [3.05, 3.63) is 30.2 Å². The van der Waals surface area contributed by atoms with Crippen LogP contribution in [0.3, 0.4) is 0 Å². The van der Waals surface area contributed by atoms with E-state index in [-0.39, 0.29) is 0 Å². The average molecular weight is 203 g/mol. The second-order valence-corrected chi connectivity index (χ2v) is 3.41. The van der Waals surface area contributed by atoms with E-state index >= 15 is 0 Å². The maximum atomic E-state index is 5.24. The molecule has 4 heteroatoms. The highest BCUT2D eigenvalue weighted by Crippen LogP contribution is 2.27. The SMILES string of the molecule is COc1nc(C)ccc1-c1cnn(C)c1. The fraction of sp³-hybridized carbons (Fsp3) is 0.273. The zero-order chi connectivity index (χ0) is 10.8.